The summed E-state index contributed by atoms with van der Waals surface area (Å²) in [5.74, 6) is 0.780. The third-order valence-corrected chi connectivity index (χ3v) is 5.74. The van der Waals surface area contributed by atoms with E-state index in [1.54, 1.807) is 11.3 Å². The number of amides is 1. The molecule has 5 heteroatoms. The molecule has 0 spiro atoms. The van der Waals surface area contributed by atoms with Crippen molar-refractivity contribution in [2.24, 2.45) is 5.92 Å². The summed E-state index contributed by atoms with van der Waals surface area (Å²) < 4.78 is 0. The number of likely N-dealkylation sites (tertiary alicyclic amines) is 1. The Labute approximate surface area is 147 Å². The van der Waals surface area contributed by atoms with E-state index in [9.17, 15) is 9.90 Å². The largest absolute Gasteiger partial charge is 0.392 e. The molecule has 1 aliphatic rings. The lowest BCUT2D eigenvalue weighted by molar-refractivity contribution is -0.130. The molecule has 2 aromatic rings. The van der Waals surface area contributed by atoms with Crippen LogP contribution >= 0.6 is 11.3 Å². The smallest absolute Gasteiger partial charge is 0.222 e. The van der Waals surface area contributed by atoms with Gasteiger partial charge in [0.25, 0.3) is 0 Å². The second-order valence-electron chi connectivity index (χ2n) is 6.54. The van der Waals surface area contributed by atoms with Crippen LogP contribution in [0.4, 0.5) is 0 Å². The molecule has 1 unspecified atom stereocenters. The fourth-order valence-corrected chi connectivity index (χ4v) is 4.14. The molecule has 1 aromatic carbocycles. The number of thiazole rings is 1. The fraction of sp³-hybridized carbons (Fsp3) is 0.474. The molecule has 1 fully saturated rings. The van der Waals surface area contributed by atoms with Crippen LogP contribution in [0.2, 0.25) is 0 Å². The van der Waals surface area contributed by atoms with E-state index in [0.717, 1.165) is 43.6 Å². The molecule has 4 nitrogen and oxygen atoms in total. The zero-order chi connectivity index (χ0) is 16.9. The highest BCUT2D eigenvalue weighted by Gasteiger charge is 2.26. The molecule has 1 aromatic heterocycles. The Morgan fingerprint density at radius 3 is 3.00 bits per heavy atom. The van der Waals surface area contributed by atoms with Crippen LogP contribution in [0.25, 0.3) is 0 Å². The Morgan fingerprint density at radius 1 is 1.42 bits per heavy atom. The van der Waals surface area contributed by atoms with Crippen molar-refractivity contribution in [2.75, 3.05) is 13.1 Å². The summed E-state index contributed by atoms with van der Waals surface area (Å²) in [5, 5.41) is 9.24. The van der Waals surface area contributed by atoms with E-state index in [4.69, 9.17) is 0 Å². The molecule has 1 atom stereocenters. The van der Waals surface area contributed by atoms with Crippen LogP contribution in [-0.4, -0.2) is 34.0 Å². The Balaban J connectivity index is 1.49. The van der Waals surface area contributed by atoms with Gasteiger partial charge in [-0.25, -0.2) is 4.98 Å². The van der Waals surface area contributed by atoms with E-state index < -0.39 is 0 Å². The summed E-state index contributed by atoms with van der Waals surface area (Å²) in [6.45, 7) is 3.80. The predicted octanol–water partition coefficient (Wildman–Crippen LogP) is 2.97. The van der Waals surface area contributed by atoms with Gasteiger partial charge >= 0.3 is 0 Å². The van der Waals surface area contributed by atoms with Crippen molar-refractivity contribution in [3.63, 3.8) is 0 Å². The van der Waals surface area contributed by atoms with Gasteiger partial charge in [0.1, 0.15) is 0 Å². The van der Waals surface area contributed by atoms with E-state index in [-0.39, 0.29) is 12.5 Å². The molecule has 0 bridgehead atoms. The third-order valence-electron chi connectivity index (χ3n) is 4.75. The molecule has 2 heterocycles. The van der Waals surface area contributed by atoms with Crippen molar-refractivity contribution in [1.29, 1.82) is 0 Å². The Hall–Kier alpha value is -1.72. The quantitative estimate of drug-likeness (QED) is 0.876. The first-order valence-corrected chi connectivity index (χ1v) is 9.39. The number of carbonyl (C=O) groups is 1. The molecular weight excluding hydrogens is 320 g/mol. The minimum Gasteiger partial charge on any atom is -0.392 e. The highest BCUT2D eigenvalue weighted by atomic mass is 32.1. The van der Waals surface area contributed by atoms with Gasteiger partial charge < -0.3 is 10.0 Å². The second-order valence-corrected chi connectivity index (χ2v) is 7.48. The highest BCUT2D eigenvalue weighted by molar-refractivity contribution is 7.09. The maximum absolute atomic E-state index is 12.4. The van der Waals surface area contributed by atoms with Crippen LogP contribution in [0.15, 0.2) is 29.8 Å². The van der Waals surface area contributed by atoms with Crippen molar-refractivity contribution in [3.05, 3.63) is 51.5 Å². The van der Waals surface area contributed by atoms with Gasteiger partial charge in [0.05, 0.1) is 17.8 Å². The van der Waals surface area contributed by atoms with Gasteiger partial charge in [-0.2, -0.15) is 0 Å². The number of hydrogen-bond acceptors (Lipinski definition) is 4. The lowest BCUT2D eigenvalue weighted by atomic mass is 9.97. The van der Waals surface area contributed by atoms with E-state index in [1.165, 1.54) is 10.4 Å². The molecule has 1 amide bonds. The number of carbonyl (C=O) groups excluding carboxylic acids is 1. The van der Waals surface area contributed by atoms with Gasteiger partial charge in [-0.05, 0) is 43.2 Å². The lowest BCUT2D eigenvalue weighted by Gasteiger charge is -2.16. The van der Waals surface area contributed by atoms with Gasteiger partial charge in [-0.15, -0.1) is 11.3 Å². The summed E-state index contributed by atoms with van der Waals surface area (Å²) in [5.41, 5.74) is 5.11. The minimum absolute atomic E-state index is 0.0834. The number of aromatic nitrogens is 1. The lowest BCUT2D eigenvalue weighted by Crippen LogP contribution is -2.29. The molecule has 1 N–H and O–H groups in total. The van der Waals surface area contributed by atoms with Crippen LogP contribution in [0.1, 0.15) is 34.5 Å². The van der Waals surface area contributed by atoms with Crippen molar-refractivity contribution >= 4 is 17.2 Å². The van der Waals surface area contributed by atoms with Gasteiger partial charge in [-0.1, -0.05) is 24.3 Å². The van der Waals surface area contributed by atoms with E-state index >= 15 is 0 Å². The third kappa shape index (κ3) is 4.22. The number of aliphatic hydroxyl groups is 1. The molecule has 3 rings (SSSR count). The van der Waals surface area contributed by atoms with Crippen LogP contribution in [-0.2, 0) is 24.2 Å². The monoisotopic (exact) mass is 344 g/mol. The number of aliphatic hydroxyl groups excluding tert-OH is 1. The standard InChI is InChI=1S/C19H24N2O2S/c1-14-18(24-13-20-14)5-6-19(23)21-8-7-16(11-21)9-15-3-2-4-17(10-15)12-22/h2-4,10,13,16,22H,5-9,11-12H2,1H3. The Kier molecular flexibility index (Phi) is 5.63. The number of hydrogen-bond donors (Lipinski definition) is 1. The second kappa shape index (κ2) is 7.90. The first-order valence-electron chi connectivity index (χ1n) is 8.51. The summed E-state index contributed by atoms with van der Waals surface area (Å²) in [4.78, 5) is 19.9. The van der Waals surface area contributed by atoms with Crippen molar-refractivity contribution in [3.8, 4) is 0 Å². The van der Waals surface area contributed by atoms with E-state index in [1.807, 2.05) is 29.5 Å². The molecule has 0 radical (unpaired) electrons. The average Bonchev–Trinajstić information content (AvgIpc) is 3.22. The number of aryl methyl sites for hydroxylation is 2. The summed E-state index contributed by atoms with van der Waals surface area (Å²) in [7, 11) is 0. The molecule has 0 aliphatic carbocycles. The number of nitrogens with zero attached hydrogens (tertiary/aromatic N) is 2. The van der Waals surface area contributed by atoms with Crippen LogP contribution in [0.3, 0.4) is 0 Å². The van der Waals surface area contributed by atoms with Gasteiger partial charge in [-0.3, -0.25) is 4.79 Å². The summed E-state index contributed by atoms with van der Waals surface area (Å²) in [6, 6.07) is 8.11. The highest BCUT2D eigenvalue weighted by Crippen LogP contribution is 2.23. The van der Waals surface area contributed by atoms with Crippen molar-refractivity contribution in [1.82, 2.24) is 9.88 Å². The maximum Gasteiger partial charge on any atom is 0.222 e. The first kappa shape index (κ1) is 17.1. The fourth-order valence-electron chi connectivity index (χ4n) is 3.36. The van der Waals surface area contributed by atoms with E-state index in [2.05, 4.69) is 17.1 Å². The van der Waals surface area contributed by atoms with Crippen LogP contribution < -0.4 is 0 Å². The van der Waals surface area contributed by atoms with Gasteiger partial charge in [0, 0.05) is 24.4 Å². The van der Waals surface area contributed by atoms with Crippen LogP contribution in [0, 0.1) is 12.8 Å². The zero-order valence-corrected chi connectivity index (χ0v) is 14.9. The summed E-state index contributed by atoms with van der Waals surface area (Å²) in [6.07, 6.45) is 3.42. The number of benzene rings is 1. The van der Waals surface area contributed by atoms with E-state index in [0.29, 0.717) is 12.3 Å². The molecule has 1 saturated heterocycles. The SMILES string of the molecule is Cc1ncsc1CCC(=O)N1CCC(Cc2cccc(CO)c2)C1. The molecule has 1 aliphatic heterocycles. The predicted molar refractivity (Wildman–Crippen MR) is 95.9 cm³/mol. The maximum atomic E-state index is 12.4. The van der Waals surface area contributed by atoms with Crippen molar-refractivity contribution in [2.45, 2.75) is 39.2 Å². The normalized spacial score (nSPS) is 17.4. The van der Waals surface area contributed by atoms with Crippen molar-refractivity contribution < 1.29 is 9.90 Å². The molecule has 128 valence electrons. The van der Waals surface area contributed by atoms with Gasteiger partial charge in [0.2, 0.25) is 5.91 Å². The Bertz CT molecular complexity index is 698. The minimum atomic E-state index is 0.0834. The first-order chi connectivity index (χ1) is 11.7. The zero-order valence-electron chi connectivity index (χ0n) is 14.1. The molecule has 0 saturated carbocycles. The Morgan fingerprint density at radius 2 is 2.25 bits per heavy atom. The molecular formula is C19H24N2O2S. The van der Waals surface area contributed by atoms with Crippen LogP contribution in [0.5, 0.6) is 0 Å². The topological polar surface area (TPSA) is 53.4 Å². The summed E-state index contributed by atoms with van der Waals surface area (Å²) >= 11 is 1.64. The average molecular weight is 344 g/mol. The van der Waals surface area contributed by atoms with Gasteiger partial charge in [0.15, 0.2) is 0 Å². The number of rotatable bonds is 6. The molecule has 24 heavy (non-hydrogen) atoms.